The van der Waals surface area contributed by atoms with E-state index in [4.69, 9.17) is 11.6 Å². The van der Waals surface area contributed by atoms with Crippen molar-refractivity contribution in [3.8, 4) is 0 Å². The lowest BCUT2D eigenvalue weighted by molar-refractivity contribution is -0.118. The molecule has 0 radical (unpaired) electrons. The molecule has 1 fully saturated rings. The lowest BCUT2D eigenvalue weighted by Gasteiger charge is -2.34. The summed E-state index contributed by atoms with van der Waals surface area (Å²) >= 11 is 5.96. The Labute approximate surface area is 166 Å². The van der Waals surface area contributed by atoms with E-state index in [-0.39, 0.29) is 5.91 Å². The Bertz CT molecular complexity index is 784. The number of piperazine rings is 1. The Morgan fingerprint density at radius 1 is 0.889 bits per heavy atom. The van der Waals surface area contributed by atoms with Gasteiger partial charge in [0.1, 0.15) is 0 Å². The van der Waals surface area contributed by atoms with Crippen LogP contribution >= 0.6 is 11.6 Å². The zero-order valence-corrected chi connectivity index (χ0v) is 16.4. The number of rotatable bonds is 5. The maximum Gasteiger partial charge on any atom is 0.228 e. The third kappa shape index (κ3) is 4.52. The van der Waals surface area contributed by atoms with Crippen LogP contribution in [0.25, 0.3) is 0 Å². The van der Waals surface area contributed by atoms with Gasteiger partial charge >= 0.3 is 0 Å². The van der Waals surface area contributed by atoms with Gasteiger partial charge in [0.05, 0.1) is 0 Å². The summed E-state index contributed by atoms with van der Waals surface area (Å²) in [6.45, 7) is 6.79. The van der Waals surface area contributed by atoms with Crippen molar-refractivity contribution in [1.82, 2.24) is 9.80 Å². The maximum atomic E-state index is 12.7. The number of anilines is 1. The van der Waals surface area contributed by atoms with E-state index in [0.717, 1.165) is 62.9 Å². The van der Waals surface area contributed by atoms with Gasteiger partial charge in [0.25, 0.3) is 0 Å². The topological polar surface area (TPSA) is 26.8 Å². The highest BCUT2D eigenvalue weighted by atomic mass is 35.5. The number of benzene rings is 2. The maximum absolute atomic E-state index is 12.7. The van der Waals surface area contributed by atoms with E-state index in [1.54, 1.807) is 0 Å². The van der Waals surface area contributed by atoms with Gasteiger partial charge in [-0.05, 0) is 35.7 Å². The van der Waals surface area contributed by atoms with Crippen molar-refractivity contribution < 1.29 is 4.79 Å². The van der Waals surface area contributed by atoms with Gasteiger partial charge in [0, 0.05) is 62.9 Å². The van der Waals surface area contributed by atoms with Crippen molar-refractivity contribution in [2.24, 2.45) is 0 Å². The van der Waals surface area contributed by atoms with Crippen LogP contribution < -0.4 is 4.90 Å². The van der Waals surface area contributed by atoms with Gasteiger partial charge < -0.3 is 9.80 Å². The lowest BCUT2D eigenvalue weighted by Crippen LogP contribution is -2.46. The van der Waals surface area contributed by atoms with E-state index in [1.807, 2.05) is 23.1 Å². The van der Waals surface area contributed by atoms with Gasteiger partial charge in [0.15, 0.2) is 0 Å². The number of hydrogen-bond donors (Lipinski definition) is 0. The molecule has 2 heterocycles. The molecular formula is C22H26ClN3O. The molecule has 2 aromatic carbocycles. The lowest BCUT2D eigenvalue weighted by atomic mass is 10.2. The average molecular weight is 384 g/mol. The molecule has 0 aliphatic carbocycles. The molecule has 0 aromatic heterocycles. The van der Waals surface area contributed by atoms with E-state index in [0.29, 0.717) is 6.42 Å². The summed E-state index contributed by atoms with van der Waals surface area (Å²) in [7, 11) is 0. The van der Waals surface area contributed by atoms with E-state index in [1.165, 1.54) is 11.1 Å². The fraction of sp³-hybridized carbons (Fsp3) is 0.409. The van der Waals surface area contributed by atoms with Crippen LogP contribution in [-0.2, 0) is 17.8 Å². The summed E-state index contributed by atoms with van der Waals surface area (Å²) < 4.78 is 0. The highest BCUT2D eigenvalue weighted by Gasteiger charge is 2.25. The molecule has 0 saturated carbocycles. The summed E-state index contributed by atoms with van der Waals surface area (Å²) in [5.74, 6) is 0.253. The molecule has 2 aromatic rings. The summed E-state index contributed by atoms with van der Waals surface area (Å²) in [4.78, 5) is 19.5. The second-order valence-electron chi connectivity index (χ2n) is 7.42. The third-order valence-electron chi connectivity index (χ3n) is 5.61. The standard InChI is InChI=1S/C22H26ClN3O/c23-20-7-5-18(6-8-20)17-25-15-13-24(14-16-25)11-10-22(27)26-12-9-19-3-1-2-4-21(19)26/h1-8H,9-17H2. The molecule has 4 rings (SSSR count). The van der Waals surface area contributed by atoms with Crippen molar-refractivity contribution in [3.05, 3.63) is 64.7 Å². The zero-order valence-electron chi connectivity index (χ0n) is 15.6. The second-order valence-corrected chi connectivity index (χ2v) is 7.85. The molecule has 0 spiro atoms. The SMILES string of the molecule is O=C(CCN1CCN(Cc2ccc(Cl)cc2)CC1)N1CCc2ccccc21. The number of para-hydroxylation sites is 1. The first kappa shape index (κ1) is 18.5. The fourth-order valence-corrected chi connectivity index (χ4v) is 4.13. The van der Waals surface area contributed by atoms with Crippen molar-refractivity contribution in [1.29, 1.82) is 0 Å². The van der Waals surface area contributed by atoms with Gasteiger partial charge in [-0.15, -0.1) is 0 Å². The number of hydrogen-bond acceptors (Lipinski definition) is 3. The minimum atomic E-state index is 0.253. The fourth-order valence-electron chi connectivity index (χ4n) is 4.01. The predicted octanol–water partition coefficient (Wildman–Crippen LogP) is 3.44. The number of amides is 1. The molecule has 27 heavy (non-hydrogen) atoms. The molecule has 2 aliphatic rings. The normalized spacial score (nSPS) is 17.9. The molecule has 1 amide bonds. The van der Waals surface area contributed by atoms with Crippen molar-refractivity contribution >= 4 is 23.2 Å². The monoisotopic (exact) mass is 383 g/mol. The van der Waals surface area contributed by atoms with Gasteiger partial charge in [0.2, 0.25) is 5.91 Å². The van der Waals surface area contributed by atoms with Gasteiger partial charge in [-0.2, -0.15) is 0 Å². The Morgan fingerprint density at radius 2 is 1.59 bits per heavy atom. The molecule has 1 saturated heterocycles. The molecule has 5 heteroatoms. The van der Waals surface area contributed by atoms with Gasteiger partial charge in [-0.3, -0.25) is 9.69 Å². The first-order valence-electron chi connectivity index (χ1n) is 9.76. The van der Waals surface area contributed by atoms with Gasteiger partial charge in [-0.1, -0.05) is 41.9 Å². The van der Waals surface area contributed by atoms with E-state index in [9.17, 15) is 4.79 Å². The first-order valence-corrected chi connectivity index (χ1v) is 10.1. The molecule has 0 bridgehead atoms. The van der Waals surface area contributed by atoms with E-state index < -0.39 is 0 Å². The van der Waals surface area contributed by atoms with Crippen LogP contribution in [-0.4, -0.2) is 55.0 Å². The van der Waals surface area contributed by atoms with E-state index in [2.05, 4.69) is 40.1 Å². The Hall–Kier alpha value is -1.88. The van der Waals surface area contributed by atoms with Crippen LogP contribution in [0, 0.1) is 0 Å². The van der Waals surface area contributed by atoms with Crippen molar-refractivity contribution in [2.45, 2.75) is 19.4 Å². The number of nitrogens with zero attached hydrogens (tertiary/aromatic N) is 3. The molecule has 142 valence electrons. The summed E-state index contributed by atoms with van der Waals surface area (Å²) in [5, 5.41) is 0.786. The van der Waals surface area contributed by atoms with E-state index >= 15 is 0 Å². The Morgan fingerprint density at radius 3 is 2.37 bits per heavy atom. The summed E-state index contributed by atoms with van der Waals surface area (Å²) in [6.07, 6.45) is 1.58. The molecule has 2 aliphatic heterocycles. The minimum Gasteiger partial charge on any atom is -0.312 e. The zero-order chi connectivity index (χ0) is 18.6. The van der Waals surface area contributed by atoms with Crippen molar-refractivity contribution in [2.75, 3.05) is 44.2 Å². The van der Waals surface area contributed by atoms with Crippen LogP contribution in [0.4, 0.5) is 5.69 Å². The molecule has 0 N–H and O–H groups in total. The number of halogens is 1. The molecule has 4 nitrogen and oxygen atoms in total. The quantitative estimate of drug-likeness (QED) is 0.791. The minimum absolute atomic E-state index is 0.253. The molecular weight excluding hydrogens is 358 g/mol. The smallest absolute Gasteiger partial charge is 0.228 e. The second kappa shape index (κ2) is 8.42. The van der Waals surface area contributed by atoms with Gasteiger partial charge in [-0.25, -0.2) is 0 Å². The number of carbonyl (C=O) groups is 1. The van der Waals surface area contributed by atoms with Crippen LogP contribution in [0.2, 0.25) is 5.02 Å². The van der Waals surface area contributed by atoms with Crippen LogP contribution in [0.3, 0.4) is 0 Å². The highest BCUT2D eigenvalue weighted by Crippen LogP contribution is 2.27. The first-order chi connectivity index (χ1) is 13.2. The largest absolute Gasteiger partial charge is 0.312 e. The summed E-state index contributed by atoms with van der Waals surface area (Å²) in [5.41, 5.74) is 3.70. The highest BCUT2D eigenvalue weighted by molar-refractivity contribution is 6.30. The van der Waals surface area contributed by atoms with Crippen molar-refractivity contribution in [3.63, 3.8) is 0 Å². The average Bonchev–Trinajstić information content (AvgIpc) is 3.13. The predicted molar refractivity (Wildman–Crippen MR) is 110 cm³/mol. The Kier molecular flexibility index (Phi) is 5.77. The van der Waals surface area contributed by atoms with Crippen LogP contribution in [0.15, 0.2) is 48.5 Å². The Balaban J connectivity index is 1.22. The van der Waals surface area contributed by atoms with Crippen LogP contribution in [0.5, 0.6) is 0 Å². The number of fused-ring (bicyclic) bond motifs is 1. The summed E-state index contributed by atoms with van der Waals surface area (Å²) in [6, 6.07) is 16.4. The third-order valence-corrected chi connectivity index (χ3v) is 5.87. The van der Waals surface area contributed by atoms with Crippen LogP contribution in [0.1, 0.15) is 17.5 Å². The molecule has 0 atom stereocenters. The molecule has 0 unspecified atom stereocenters. The number of carbonyl (C=O) groups excluding carboxylic acids is 1.